The van der Waals surface area contributed by atoms with Gasteiger partial charge in [-0.05, 0) is 42.9 Å². The molecule has 0 heterocycles. The third kappa shape index (κ3) is 1.55. The molecule has 1 fully saturated rings. The predicted molar refractivity (Wildman–Crippen MR) is 60.7 cm³/mol. The number of benzene rings is 1. The summed E-state index contributed by atoms with van der Waals surface area (Å²) < 4.78 is 0. The lowest BCUT2D eigenvalue weighted by Crippen LogP contribution is -2.36. The summed E-state index contributed by atoms with van der Waals surface area (Å²) in [5, 5.41) is 0.903. The summed E-state index contributed by atoms with van der Waals surface area (Å²) in [6, 6.07) is 8.18. The van der Waals surface area contributed by atoms with Crippen molar-refractivity contribution in [3.63, 3.8) is 0 Å². The Bertz CT molecular complexity index is 318. The van der Waals surface area contributed by atoms with Crippen LogP contribution in [0.15, 0.2) is 24.3 Å². The summed E-state index contributed by atoms with van der Waals surface area (Å²) >= 11 is 6.22. The number of halogens is 1. The number of hydrogen-bond donors (Lipinski definition) is 1. The molecule has 0 atom stereocenters. The molecule has 0 amide bonds. The second-order valence-electron chi connectivity index (χ2n) is 4.15. The maximum absolute atomic E-state index is 6.22. The highest BCUT2D eigenvalue weighted by Crippen LogP contribution is 2.48. The summed E-state index contributed by atoms with van der Waals surface area (Å²) in [5.41, 5.74) is 7.27. The van der Waals surface area contributed by atoms with Crippen molar-refractivity contribution in [1.29, 1.82) is 0 Å². The van der Waals surface area contributed by atoms with Crippen molar-refractivity contribution in [2.24, 2.45) is 5.73 Å². The highest BCUT2D eigenvalue weighted by Gasteiger charge is 2.38. The Morgan fingerprint density at radius 1 is 1.29 bits per heavy atom. The average Bonchev–Trinajstić information content (AvgIpc) is 2.13. The molecular formula is C12H16ClN. The first-order valence-electron chi connectivity index (χ1n) is 5.24. The van der Waals surface area contributed by atoms with Crippen molar-refractivity contribution in [2.45, 2.75) is 31.1 Å². The van der Waals surface area contributed by atoms with Gasteiger partial charge in [0.1, 0.15) is 0 Å². The van der Waals surface area contributed by atoms with Crippen molar-refractivity contribution >= 4 is 11.6 Å². The van der Waals surface area contributed by atoms with E-state index in [1.165, 1.54) is 24.8 Å². The molecule has 0 radical (unpaired) electrons. The van der Waals surface area contributed by atoms with Crippen LogP contribution in [-0.2, 0) is 5.41 Å². The van der Waals surface area contributed by atoms with Gasteiger partial charge in [-0.15, -0.1) is 0 Å². The summed E-state index contributed by atoms with van der Waals surface area (Å²) in [6.45, 7) is 0.755. The second kappa shape index (κ2) is 3.92. The molecule has 0 aliphatic heterocycles. The molecule has 0 bridgehead atoms. The van der Waals surface area contributed by atoms with Crippen molar-refractivity contribution in [3.8, 4) is 0 Å². The standard InChI is InChI=1S/C12H16ClN/c13-11-5-2-1-4-10(11)12(8-9-14)6-3-7-12/h1-2,4-5H,3,6-9,14H2. The van der Waals surface area contributed by atoms with E-state index in [0.717, 1.165) is 18.0 Å². The van der Waals surface area contributed by atoms with Gasteiger partial charge in [-0.2, -0.15) is 0 Å². The minimum absolute atomic E-state index is 0.299. The lowest BCUT2D eigenvalue weighted by atomic mass is 9.62. The van der Waals surface area contributed by atoms with Crippen LogP contribution in [0.2, 0.25) is 5.02 Å². The molecule has 2 rings (SSSR count). The molecule has 1 aliphatic rings. The van der Waals surface area contributed by atoms with Crippen LogP contribution >= 0.6 is 11.6 Å². The minimum Gasteiger partial charge on any atom is -0.330 e. The molecule has 1 saturated carbocycles. The summed E-state index contributed by atoms with van der Waals surface area (Å²) in [4.78, 5) is 0. The van der Waals surface area contributed by atoms with E-state index >= 15 is 0 Å². The zero-order chi connectivity index (χ0) is 10.0. The van der Waals surface area contributed by atoms with Gasteiger partial charge in [0.2, 0.25) is 0 Å². The van der Waals surface area contributed by atoms with Crippen LogP contribution in [0.4, 0.5) is 0 Å². The Morgan fingerprint density at radius 3 is 2.50 bits per heavy atom. The van der Waals surface area contributed by atoms with E-state index in [9.17, 15) is 0 Å². The Hall–Kier alpha value is -0.530. The molecule has 14 heavy (non-hydrogen) atoms. The predicted octanol–water partition coefficient (Wildman–Crippen LogP) is 3.11. The zero-order valence-electron chi connectivity index (χ0n) is 8.30. The Kier molecular flexibility index (Phi) is 2.80. The third-order valence-corrected chi connectivity index (χ3v) is 3.71. The molecule has 2 N–H and O–H groups in total. The van der Waals surface area contributed by atoms with Gasteiger partial charge in [-0.1, -0.05) is 36.2 Å². The molecule has 1 aliphatic carbocycles. The average molecular weight is 210 g/mol. The van der Waals surface area contributed by atoms with E-state index in [4.69, 9.17) is 17.3 Å². The molecule has 1 nitrogen and oxygen atoms in total. The van der Waals surface area contributed by atoms with Crippen molar-refractivity contribution in [3.05, 3.63) is 34.9 Å². The Morgan fingerprint density at radius 2 is 2.00 bits per heavy atom. The quantitative estimate of drug-likeness (QED) is 0.814. The van der Waals surface area contributed by atoms with E-state index < -0.39 is 0 Å². The van der Waals surface area contributed by atoms with E-state index in [-0.39, 0.29) is 0 Å². The van der Waals surface area contributed by atoms with Crippen molar-refractivity contribution in [2.75, 3.05) is 6.54 Å². The van der Waals surface area contributed by atoms with Crippen LogP contribution in [0.25, 0.3) is 0 Å². The Balaban J connectivity index is 2.32. The van der Waals surface area contributed by atoms with Gasteiger partial charge in [0.05, 0.1) is 0 Å². The van der Waals surface area contributed by atoms with Gasteiger partial charge in [-0.25, -0.2) is 0 Å². The largest absolute Gasteiger partial charge is 0.330 e. The summed E-state index contributed by atoms with van der Waals surface area (Å²) in [6.07, 6.45) is 4.86. The fourth-order valence-corrected chi connectivity index (χ4v) is 2.76. The van der Waals surface area contributed by atoms with Crippen LogP contribution < -0.4 is 5.73 Å². The SMILES string of the molecule is NCCC1(c2ccccc2Cl)CCC1. The fraction of sp³-hybridized carbons (Fsp3) is 0.500. The Labute approximate surface area is 90.3 Å². The molecule has 1 aromatic rings. The topological polar surface area (TPSA) is 26.0 Å². The summed E-state index contributed by atoms with van der Waals surface area (Å²) in [7, 11) is 0. The maximum Gasteiger partial charge on any atom is 0.0443 e. The fourth-order valence-electron chi connectivity index (χ4n) is 2.43. The molecule has 2 heteroatoms. The lowest BCUT2D eigenvalue weighted by Gasteiger charge is -2.43. The molecule has 0 aromatic heterocycles. The monoisotopic (exact) mass is 209 g/mol. The molecular weight excluding hydrogens is 194 g/mol. The molecule has 0 saturated heterocycles. The van der Waals surface area contributed by atoms with Gasteiger partial charge in [-0.3, -0.25) is 0 Å². The molecule has 0 unspecified atom stereocenters. The van der Waals surface area contributed by atoms with Gasteiger partial charge in [0.15, 0.2) is 0 Å². The van der Waals surface area contributed by atoms with E-state index in [1.54, 1.807) is 0 Å². The normalized spacial score (nSPS) is 19.0. The maximum atomic E-state index is 6.22. The smallest absolute Gasteiger partial charge is 0.0443 e. The first-order valence-corrected chi connectivity index (χ1v) is 5.61. The summed E-state index contributed by atoms with van der Waals surface area (Å²) in [5.74, 6) is 0. The number of nitrogens with two attached hydrogens (primary N) is 1. The van der Waals surface area contributed by atoms with E-state index in [2.05, 4.69) is 12.1 Å². The second-order valence-corrected chi connectivity index (χ2v) is 4.56. The van der Waals surface area contributed by atoms with Gasteiger partial charge in [0.25, 0.3) is 0 Å². The highest BCUT2D eigenvalue weighted by molar-refractivity contribution is 6.31. The molecule has 0 spiro atoms. The molecule has 1 aromatic carbocycles. The van der Waals surface area contributed by atoms with Crippen LogP contribution in [0.3, 0.4) is 0 Å². The minimum atomic E-state index is 0.299. The van der Waals surface area contributed by atoms with Gasteiger partial charge >= 0.3 is 0 Å². The van der Waals surface area contributed by atoms with Gasteiger partial charge < -0.3 is 5.73 Å². The number of hydrogen-bond acceptors (Lipinski definition) is 1. The van der Waals surface area contributed by atoms with Crippen LogP contribution in [-0.4, -0.2) is 6.54 Å². The highest BCUT2D eigenvalue weighted by atomic mass is 35.5. The lowest BCUT2D eigenvalue weighted by molar-refractivity contribution is 0.229. The van der Waals surface area contributed by atoms with Crippen LogP contribution in [0, 0.1) is 0 Å². The third-order valence-electron chi connectivity index (χ3n) is 3.38. The molecule has 76 valence electrons. The van der Waals surface area contributed by atoms with Crippen molar-refractivity contribution < 1.29 is 0 Å². The number of rotatable bonds is 3. The van der Waals surface area contributed by atoms with Crippen molar-refractivity contribution in [1.82, 2.24) is 0 Å². The zero-order valence-corrected chi connectivity index (χ0v) is 9.06. The van der Waals surface area contributed by atoms with E-state index in [1.807, 2.05) is 12.1 Å². The van der Waals surface area contributed by atoms with Crippen LogP contribution in [0.1, 0.15) is 31.2 Å². The van der Waals surface area contributed by atoms with E-state index in [0.29, 0.717) is 5.41 Å². The van der Waals surface area contributed by atoms with Gasteiger partial charge in [0, 0.05) is 5.02 Å². The first kappa shape index (κ1) is 10.0. The first-order chi connectivity index (χ1) is 6.78. The van der Waals surface area contributed by atoms with Crippen LogP contribution in [0.5, 0.6) is 0 Å².